The maximum atomic E-state index is 11.0. The number of pyridine rings is 1. The van der Waals surface area contributed by atoms with E-state index in [2.05, 4.69) is 20.9 Å². The highest BCUT2D eigenvalue weighted by Crippen LogP contribution is 2.35. The van der Waals surface area contributed by atoms with Crippen molar-refractivity contribution in [2.45, 2.75) is 33.2 Å². The first kappa shape index (κ1) is 16.4. The molecule has 1 heterocycles. The molecule has 0 aliphatic rings. The van der Waals surface area contributed by atoms with Crippen LogP contribution in [0.15, 0.2) is 10.7 Å². The summed E-state index contributed by atoms with van der Waals surface area (Å²) < 4.78 is 0.433. The molecule has 0 fully saturated rings. The van der Waals surface area contributed by atoms with E-state index in [1.807, 2.05) is 20.8 Å². The topological polar surface area (TPSA) is 96.6 Å². The van der Waals surface area contributed by atoms with E-state index < -0.39 is 16.4 Å². The van der Waals surface area contributed by atoms with Crippen LogP contribution in [0.4, 0.5) is 11.5 Å². The van der Waals surface area contributed by atoms with Crippen molar-refractivity contribution in [2.24, 2.45) is 0 Å². The summed E-state index contributed by atoms with van der Waals surface area (Å²) in [6.07, 6.45) is 1.15. The minimum atomic E-state index is -0.996. The number of carbonyl (C=O) groups is 1. The Hall–Kier alpha value is -1.70. The molecule has 0 saturated heterocycles. The number of halogens is 1. The molecule has 110 valence electrons. The standard InChI is InChI=1S/C12H16BrN3O4/c1-7-8(16(19)20)5-14-11(10(7)13)15(6-9(17)18)12(2,3)4/h5H,6H2,1-4H3,(H,17,18). The van der Waals surface area contributed by atoms with E-state index in [0.29, 0.717) is 15.9 Å². The van der Waals surface area contributed by atoms with Crippen LogP contribution in [0, 0.1) is 17.0 Å². The second-order valence-corrected chi connectivity index (χ2v) is 6.11. The van der Waals surface area contributed by atoms with Crippen LogP contribution in [0.3, 0.4) is 0 Å². The Labute approximate surface area is 124 Å². The fraction of sp³-hybridized carbons (Fsp3) is 0.500. The fourth-order valence-electron chi connectivity index (χ4n) is 1.69. The number of aliphatic carboxylic acids is 1. The molecule has 0 aliphatic heterocycles. The van der Waals surface area contributed by atoms with Crippen LogP contribution in [0.25, 0.3) is 0 Å². The number of aromatic nitrogens is 1. The number of nitro groups is 1. The van der Waals surface area contributed by atoms with E-state index in [1.54, 1.807) is 11.8 Å². The SMILES string of the molecule is Cc1c([N+](=O)[O-])cnc(N(CC(=O)O)C(C)(C)C)c1Br. The molecule has 0 saturated carbocycles. The number of carboxylic acid groups (broad SMARTS) is 1. The van der Waals surface area contributed by atoms with Crippen molar-refractivity contribution in [3.63, 3.8) is 0 Å². The molecule has 0 atom stereocenters. The van der Waals surface area contributed by atoms with Gasteiger partial charge in [0.05, 0.1) is 9.40 Å². The highest BCUT2D eigenvalue weighted by atomic mass is 79.9. The third-order valence-electron chi connectivity index (χ3n) is 2.77. The zero-order valence-electron chi connectivity index (χ0n) is 11.7. The zero-order valence-corrected chi connectivity index (χ0v) is 13.3. The van der Waals surface area contributed by atoms with Gasteiger partial charge in [-0.05, 0) is 43.6 Å². The molecule has 0 aromatic carbocycles. The van der Waals surface area contributed by atoms with Gasteiger partial charge in [-0.25, -0.2) is 4.98 Å². The molecular formula is C12H16BrN3O4. The monoisotopic (exact) mass is 345 g/mol. The summed E-state index contributed by atoms with van der Waals surface area (Å²) in [5.41, 5.74) is -0.180. The van der Waals surface area contributed by atoms with Gasteiger partial charge in [-0.1, -0.05) is 0 Å². The van der Waals surface area contributed by atoms with Crippen LogP contribution in [0.1, 0.15) is 26.3 Å². The normalized spacial score (nSPS) is 11.2. The van der Waals surface area contributed by atoms with E-state index in [1.165, 1.54) is 0 Å². The van der Waals surface area contributed by atoms with Gasteiger partial charge < -0.3 is 10.0 Å². The third-order valence-corrected chi connectivity index (χ3v) is 3.72. The van der Waals surface area contributed by atoms with E-state index >= 15 is 0 Å². The average molecular weight is 346 g/mol. The fourth-order valence-corrected chi connectivity index (χ4v) is 2.21. The Morgan fingerprint density at radius 1 is 1.55 bits per heavy atom. The Morgan fingerprint density at radius 3 is 2.50 bits per heavy atom. The Balaban J connectivity index is 3.39. The molecule has 1 aromatic rings. The van der Waals surface area contributed by atoms with Gasteiger partial charge in [0.15, 0.2) is 0 Å². The smallest absolute Gasteiger partial charge is 0.323 e. The van der Waals surface area contributed by atoms with Gasteiger partial charge in [0, 0.05) is 11.1 Å². The predicted octanol–water partition coefficient (Wildman–Crippen LogP) is 2.75. The summed E-state index contributed by atoms with van der Waals surface area (Å²) in [5, 5.41) is 19.9. The molecule has 0 amide bonds. The number of nitrogens with zero attached hydrogens (tertiary/aromatic N) is 3. The molecule has 1 aromatic heterocycles. The van der Waals surface area contributed by atoms with E-state index in [9.17, 15) is 14.9 Å². The van der Waals surface area contributed by atoms with Crippen LogP contribution in [-0.2, 0) is 4.79 Å². The number of carboxylic acids is 1. The van der Waals surface area contributed by atoms with Crippen molar-refractivity contribution in [2.75, 3.05) is 11.4 Å². The highest BCUT2D eigenvalue weighted by Gasteiger charge is 2.29. The van der Waals surface area contributed by atoms with Gasteiger partial charge in [0.25, 0.3) is 5.69 Å². The summed E-state index contributed by atoms with van der Waals surface area (Å²) in [4.78, 5) is 27.0. The van der Waals surface area contributed by atoms with Crippen molar-refractivity contribution >= 4 is 33.4 Å². The lowest BCUT2D eigenvalue weighted by molar-refractivity contribution is -0.385. The predicted molar refractivity (Wildman–Crippen MR) is 78.1 cm³/mol. The van der Waals surface area contributed by atoms with Crippen LogP contribution < -0.4 is 4.90 Å². The molecule has 0 radical (unpaired) electrons. The molecular weight excluding hydrogens is 330 g/mol. The molecule has 8 heteroatoms. The Kier molecular flexibility index (Phi) is 4.69. The lowest BCUT2D eigenvalue weighted by Crippen LogP contribution is -2.45. The lowest BCUT2D eigenvalue weighted by Gasteiger charge is -2.36. The Morgan fingerprint density at radius 2 is 2.10 bits per heavy atom. The molecule has 20 heavy (non-hydrogen) atoms. The van der Waals surface area contributed by atoms with Crippen molar-refractivity contribution < 1.29 is 14.8 Å². The second-order valence-electron chi connectivity index (χ2n) is 5.31. The highest BCUT2D eigenvalue weighted by molar-refractivity contribution is 9.10. The van der Waals surface area contributed by atoms with Crippen molar-refractivity contribution in [1.82, 2.24) is 4.98 Å². The van der Waals surface area contributed by atoms with E-state index in [0.717, 1.165) is 6.20 Å². The van der Waals surface area contributed by atoms with Gasteiger partial charge in [-0.2, -0.15) is 0 Å². The first-order valence-corrected chi connectivity index (χ1v) is 6.64. The second kappa shape index (κ2) is 5.74. The van der Waals surface area contributed by atoms with Gasteiger partial charge in [-0.3, -0.25) is 14.9 Å². The number of hydrogen-bond donors (Lipinski definition) is 1. The first-order valence-electron chi connectivity index (χ1n) is 5.84. The number of hydrogen-bond acceptors (Lipinski definition) is 5. The average Bonchev–Trinajstić information content (AvgIpc) is 2.28. The molecule has 1 rings (SSSR count). The lowest BCUT2D eigenvalue weighted by atomic mass is 10.1. The van der Waals surface area contributed by atoms with Gasteiger partial charge in [0.1, 0.15) is 18.6 Å². The van der Waals surface area contributed by atoms with Crippen LogP contribution >= 0.6 is 15.9 Å². The van der Waals surface area contributed by atoms with Crippen molar-refractivity contribution in [1.29, 1.82) is 0 Å². The minimum Gasteiger partial charge on any atom is -0.480 e. The summed E-state index contributed by atoms with van der Waals surface area (Å²) in [7, 11) is 0. The summed E-state index contributed by atoms with van der Waals surface area (Å²) in [6, 6.07) is 0. The zero-order chi connectivity index (χ0) is 15.7. The summed E-state index contributed by atoms with van der Waals surface area (Å²) >= 11 is 3.28. The third kappa shape index (κ3) is 3.44. The molecule has 7 nitrogen and oxygen atoms in total. The molecule has 1 N–H and O–H groups in total. The van der Waals surface area contributed by atoms with Crippen LogP contribution in [-0.4, -0.2) is 33.1 Å². The van der Waals surface area contributed by atoms with Crippen LogP contribution in [0.5, 0.6) is 0 Å². The summed E-state index contributed by atoms with van der Waals surface area (Å²) in [5.74, 6) is -0.618. The maximum absolute atomic E-state index is 11.0. The quantitative estimate of drug-likeness (QED) is 0.665. The number of anilines is 1. The molecule has 0 aliphatic carbocycles. The largest absolute Gasteiger partial charge is 0.480 e. The van der Waals surface area contributed by atoms with E-state index in [4.69, 9.17) is 5.11 Å². The molecule has 0 bridgehead atoms. The van der Waals surface area contributed by atoms with E-state index in [-0.39, 0.29) is 12.2 Å². The molecule has 0 spiro atoms. The van der Waals surface area contributed by atoms with Crippen molar-refractivity contribution in [3.8, 4) is 0 Å². The summed E-state index contributed by atoms with van der Waals surface area (Å²) in [6.45, 7) is 6.89. The number of rotatable bonds is 4. The van der Waals surface area contributed by atoms with Crippen molar-refractivity contribution in [3.05, 3.63) is 26.3 Å². The van der Waals surface area contributed by atoms with Gasteiger partial charge in [0.2, 0.25) is 0 Å². The van der Waals surface area contributed by atoms with Gasteiger partial charge in [-0.15, -0.1) is 0 Å². The van der Waals surface area contributed by atoms with Gasteiger partial charge >= 0.3 is 5.97 Å². The minimum absolute atomic E-state index is 0.107. The Bertz CT molecular complexity index is 554. The maximum Gasteiger partial charge on any atom is 0.323 e. The first-order chi connectivity index (χ1) is 9.05. The van der Waals surface area contributed by atoms with Crippen LogP contribution in [0.2, 0.25) is 0 Å². The molecule has 0 unspecified atom stereocenters.